The number of nitrogens with one attached hydrogen (secondary N) is 2. The Hall–Kier alpha value is -1.38. The fraction of sp³-hybridized carbons (Fsp3) is 0.556. The number of anilines is 2. The van der Waals surface area contributed by atoms with Gasteiger partial charge < -0.3 is 21.1 Å². The summed E-state index contributed by atoms with van der Waals surface area (Å²) >= 11 is 0. The normalized spacial score (nSPS) is 15.7. The highest BCUT2D eigenvalue weighted by Gasteiger charge is 2.27. The third-order valence-electron chi connectivity index (χ3n) is 4.12. The third kappa shape index (κ3) is 8.45. The van der Waals surface area contributed by atoms with Crippen LogP contribution in [0.25, 0.3) is 0 Å². The van der Waals surface area contributed by atoms with E-state index < -0.39 is 6.04 Å². The number of hydrogen-bond donors (Lipinski definition) is 3. The topological polar surface area (TPSA) is 96.7 Å². The molecule has 0 unspecified atom stereocenters. The first kappa shape index (κ1) is 25.6. The summed E-state index contributed by atoms with van der Waals surface area (Å²) in [7, 11) is 0. The first-order chi connectivity index (χ1) is 11.8. The van der Waals surface area contributed by atoms with Crippen molar-refractivity contribution in [1.82, 2.24) is 4.90 Å². The van der Waals surface area contributed by atoms with E-state index in [1.54, 1.807) is 24.3 Å². The molecule has 2 amide bonds. The number of hydrogen-bond acceptors (Lipinski definition) is 5. The van der Waals surface area contributed by atoms with Crippen molar-refractivity contribution in [3.8, 4) is 0 Å². The van der Waals surface area contributed by atoms with Crippen LogP contribution in [0.15, 0.2) is 24.3 Å². The van der Waals surface area contributed by atoms with Gasteiger partial charge in [0.05, 0.1) is 25.8 Å². The summed E-state index contributed by atoms with van der Waals surface area (Å²) in [5, 5.41) is 5.65. The van der Waals surface area contributed by atoms with Crippen LogP contribution < -0.4 is 16.4 Å². The molecule has 1 aliphatic heterocycles. The predicted molar refractivity (Wildman–Crippen MR) is 113 cm³/mol. The highest BCUT2D eigenvalue weighted by atomic mass is 35.5. The highest BCUT2D eigenvalue weighted by molar-refractivity contribution is 5.96. The molecule has 1 aromatic rings. The molecule has 1 fully saturated rings. The van der Waals surface area contributed by atoms with Crippen LogP contribution in [0.1, 0.15) is 20.8 Å². The largest absolute Gasteiger partial charge is 0.379 e. The van der Waals surface area contributed by atoms with Crippen molar-refractivity contribution >= 4 is 48.0 Å². The SMILES string of the molecule is CC(C)(C)[C@H](N)C(=O)Nc1ccc(NC(=O)CN2CCOCC2)cc1.Cl.Cl. The fourth-order valence-electron chi connectivity index (χ4n) is 2.41. The number of morpholine rings is 1. The molecule has 0 spiro atoms. The summed E-state index contributed by atoms with van der Waals surface area (Å²) in [6, 6.07) is 6.42. The lowest BCUT2D eigenvalue weighted by Gasteiger charge is -2.26. The second-order valence-electron chi connectivity index (χ2n) is 7.35. The second-order valence-corrected chi connectivity index (χ2v) is 7.35. The van der Waals surface area contributed by atoms with Crippen molar-refractivity contribution in [2.45, 2.75) is 26.8 Å². The van der Waals surface area contributed by atoms with Crippen molar-refractivity contribution in [1.29, 1.82) is 0 Å². The van der Waals surface area contributed by atoms with Crippen LogP contribution in [0, 0.1) is 5.41 Å². The number of halogens is 2. The lowest BCUT2D eigenvalue weighted by molar-refractivity contribution is -0.119. The Balaban J connectivity index is 0.00000338. The first-order valence-corrected chi connectivity index (χ1v) is 8.52. The quantitative estimate of drug-likeness (QED) is 0.677. The molecule has 0 saturated carbocycles. The summed E-state index contributed by atoms with van der Waals surface area (Å²) < 4.78 is 5.27. The van der Waals surface area contributed by atoms with E-state index in [-0.39, 0.29) is 42.0 Å². The van der Waals surface area contributed by atoms with Gasteiger partial charge in [0.15, 0.2) is 0 Å². The molecule has 1 aromatic carbocycles. The summed E-state index contributed by atoms with van der Waals surface area (Å²) in [4.78, 5) is 26.2. The van der Waals surface area contributed by atoms with Crippen molar-refractivity contribution in [3.63, 3.8) is 0 Å². The third-order valence-corrected chi connectivity index (χ3v) is 4.12. The molecule has 2 rings (SSSR count). The number of amides is 2. The Labute approximate surface area is 173 Å². The molecule has 0 bridgehead atoms. The van der Waals surface area contributed by atoms with Gasteiger partial charge in [-0.2, -0.15) is 0 Å². The number of benzene rings is 1. The van der Waals surface area contributed by atoms with Gasteiger partial charge in [0, 0.05) is 24.5 Å². The number of rotatable bonds is 5. The molecule has 7 nitrogen and oxygen atoms in total. The number of nitrogens with zero attached hydrogens (tertiary/aromatic N) is 1. The number of carbonyl (C=O) groups is 2. The molecule has 0 radical (unpaired) electrons. The molecule has 1 saturated heterocycles. The molecule has 154 valence electrons. The number of carbonyl (C=O) groups excluding carboxylic acids is 2. The van der Waals surface area contributed by atoms with Crippen LogP contribution in [0.5, 0.6) is 0 Å². The maximum Gasteiger partial charge on any atom is 0.241 e. The van der Waals surface area contributed by atoms with Gasteiger partial charge in [0.25, 0.3) is 0 Å². The van der Waals surface area contributed by atoms with Crippen molar-refractivity contribution < 1.29 is 14.3 Å². The number of ether oxygens (including phenoxy) is 1. The van der Waals surface area contributed by atoms with Crippen LogP contribution in [0.2, 0.25) is 0 Å². The van der Waals surface area contributed by atoms with E-state index in [0.29, 0.717) is 31.1 Å². The van der Waals surface area contributed by atoms with Crippen molar-refractivity contribution in [3.05, 3.63) is 24.3 Å². The molecule has 1 atom stereocenters. The Morgan fingerprint density at radius 1 is 1.07 bits per heavy atom. The van der Waals surface area contributed by atoms with Gasteiger partial charge in [-0.05, 0) is 29.7 Å². The molecule has 1 heterocycles. The van der Waals surface area contributed by atoms with Gasteiger partial charge in [-0.1, -0.05) is 20.8 Å². The Kier molecular flexibility index (Phi) is 10.9. The minimum Gasteiger partial charge on any atom is -0.379 e. The summed E-state index contributed by atoms with van der Waals surface area (Å²) in [6.07, 6.45) is 0. The van der Waals surface area contributed by atoms with Crippen LogP contribution >= 0.6 is 24.8 Å². The monoisotopic (exact) mass is 420 g/mol. The van der Waals surface area contributed by atoms with Crippen molar-refractivity contribution in [2.24, 2.45) is 11.1 Å². The summed E-state index contributed by atoms with van der Waals surface area (Å²) in [5.41, 5.74) is 6.98. The van der Waals surface area contributed by atoms with Crippen LogP contribution in [0.4, 0.5) is 11.4 Å². The Morgan fingerprint density at radius 2 is 1.56 bits per heavy atom. The zero-order valence-corrected chi connectivity index (χ0v) is 17.6. The predicted octanol–water partition coefficient (Wildman–Crippen LogP) is 2.11. The first-order valence-electron chi connectivity index (χ1n) is 8.52. The van der Waals surface area contributed by atoms with E-state index in [9.17, 15) is 9.59 Å². The van der Waals surface area contributed by atoms with Gasteiger partial charge in [0.2, 0.25) is 11.8 Å². The minimum absolute atomic E-state index is 0. The van der Waals surface area contributed by atoms with Gasteiger partial charge >= 0.3 is 0 Å². The van der Waals surface area contributed by atoms with Crippen LogP contribution in [0.3, 0.4) is 0 Å². The summed E-state index contributed by atoms with van der Waals surface area (Å²) in [5.74, 6) is -0.287. The highest BCUT2D eigenvalue weighted by Crippen LogP contribution is 2.20. The van der Waals surface area contributed by atoms with Crippen LogP contribution in [-0.2, 0) is 14.3 Å². The van der Waals surface area contributed by atoms with E-state index >= 15 is 0 Å². The molecule has 0 aliphatic carbocycles. The molecule has 1 aliphatic rings. The van der Waals surface area contributed by atoms with E-state index in [1.165, 1.54) is 0 Å². The summed E-state index contributed by atoms with van der Waals surface area (Å²) in [6.45, 7) is 8.98. The molecule has 4 N–H and O–H groups in total. The van der Waals surface area contributed by atoms with E-state index in [0.717, 1.165) is 13.1 Å². The molecule has 0 aromatic heterocycles. The average molecular weight is 421 g/mol. The maximum absolute atomic E-state index is 12.1. The molecule has 27 heavy (non-hydrogen) atoms. The van der Waals surface area contributed by atoms with Gasteiger partial charge in [-0.3, -0.25) is 14.5 Å². The van der Waals surface area contributed by atoms with Gasteiger partial charge in [0.1, 0.15) is 0 Å². The van der Waals surface area contributed by atoms with E-state index in [1.807, 2.05) is 20.8 Å². The van der Waals surface area contributed by atoms with Crippen molar-refractivity contribution in [2.75, 3.05) is 43.5 Å². The molecular formula is C18H30Cl2N4O3. The Morgan fingerprint density at radius 3 is 2.04 bits per heavy atom. The zero-order valence-electron chi connectivity index (χ0n) is 16.0. The number of nitrogens with two attached hydrogens (primary N) is 1. The van der Waals surface area contributed by atoms with E-state index in [2.05, 4.69) is 15.5 Å². The van der Waals surface area contributed by atoms with Gasteiger partial charge in [-0.15, -0.1) is 24.8 Å². The lowest BCUT2D eigenvalue weighted by atomic mass is 9.87. The smallest absolute Gasteiger partial charge is 0.241 e. The zero-order chi connectivity index (χ0) is 18.4. The maximum atomic E-state index is 12.1. The standard InChI is InChI=1S/C18H28N4O3.2ClH/c1-18(2,3)16(19)17(24)21-14-6-4-13(5-7-14)20-15(23)12-22-8-10-25-11-9-22;;/h4-7,16H,8-12,19H2,1-3H3,(H,20,23)(H,21,24);2*1H/t16-;;/m1../s1. The lowest BCUT2D eigenvalue weighted by Crippen LogP contribution is -2.45. The molecule has 9 heteroatoms. The molecular weight excluding hydrogens is 391 g/mol. The van der Waals surface area contributed by atoms with Gasteiger partial charge in [-0.25, -0.2) is 0 Å². The average Bonchev–Trinajstić information content (AvgIpc) is 2.56. The minimum atomic E-state index is -0.597. The second kappa shape index (κ2) is 11.5. The van der Waals surface area contributed by atoms with E-state index in [4.69, 9.17) is 10.5 Å². The Bertz CT molecular complexity index is 600. The fourth-order valence-corrected chi connectivity index (χ4v) is 2.41. The van der Waals surface area contributed by atoms with Crippen LogP contribution in [-0.4, -0.2) is 55.6 Å².